The Morgan fingerprint density at radius 3 is 2.77 bits per heavy atom. The zero-order valence-electron chi connectivity index (χ0n) is 11.8. The van der Waals surface area contributed by atoms with Crippen molar-refractivity contribution < 1.29 is 9.66 Å². The lowest BCUT2D eigenvalue weighted by Crippen LogP contribution is -2.02. The molecule has 2 aromatic rings. The van der Waals surface area contributed by atoms with Gasteiger partial charge in [0.2, 0.25) is 0 Å². The highest BCUT2D eigenvalue weighted by Crippen LogP contribution is 2.28. The highest BCUT2D eigenvalue weighted by molar-refractivity contribution is 9.10. The molecular formula is C16H13BrN2O3. The van der Waals surface area contributed by atoms with E-state index in [0.717, 1.165) is 10.0 Å². The molecular weight excluding hydrogens is 348 g/mol. The van der Waals surface area contributed by atoms with Crippen LogP contribution in [0, 0.1) is 22.0 Å². The third-order valence-electron chi connectivity index (χ3n) is 2.86. The van der Waals surface area contributed by atoms with Crippen molar-refractivity contribution in [3.05, 3.63) is 62.6 Å². The first-order valence-corrected chi connectivity index (χ1v) is 7.21. The summed E-state index contributed by atoms with van der Waals surface area (Å²) in [5.74, 6) is 6.53. The highest BCUT2D eigenvalue weighted by atomic mass is 79.9. The Hall–Kier alpha value is -2.52. The lowest BCUT2D eigenvalue weighted by molar-refractivity contribution is -0.384. The molecule has 0 bridgehead atoms. The van der Waals surface area contributed by atoms with E-state index in [1.807, 2.05) is 24.3 Å². The van der Waals surface area contributed by atoms with Crippen molar-refractivity contribution in [1.29, 1.82) is 0 Å². The zero-order valence-corrected chi connectivity index (χ0v) is 13.4. The second kappa shape index (κ2) is 7.48. The molecule has 0 saturated heterocycles. The molecule has 0 spiro atoms. The summed E-state index contributed by atoms with van der Waals surface area (Å²) in [5, 5.41) is 13.8. The largest absolute Gasteiger partial charge is 0.495 e. The molecule has 22 heavy (non-hydrogen) atoms. The number of nitrogens with zero attached hydrogens (tertiary/aromatic N) is 1. The second-order valence-corrected chi connectivity index (χ2v) is 5.13. The smallest absolute Gasteiger partial charge is 0.271 e. The van der Waals surface area contributed by atoms with Gasteiger partial charge in [-0.05, 0) is 34.1 Å². The summed E-state index contributed by atoms with van der Waals surface area (Å²) in [7, 11) is 1.51. The Balaban J connectivity index is 2.10. The number of benzene rings is 2. The van der Waals surface area contributed by atoms with Crippen molar-refractivity contribution in [1.82, 2.24) is 0 Å². The number of non-ortho nitro benzene ring substituents is 1. The van der Waals surface area contributed by atoms with Crippen molar-refractivity contribution in [2.45, 2.75) is 0 Å². The summed E-state index contributed by atoms with van der Waals surface area (Å²) in [4.78, 5) is 10.4. The van der Waals surface area contributed by atoms with Crippen molar-refractivity contribution in [2.24, 2.45) is 0 Å². The monoisotopic (exact) mass is 360 g/mol. The Morgan fingerprint density at radius 1 is 1.32 bits per heavy atom. The van der Waals surface area contributed by atoms with Crippen molar-refractivity contribution >= 4 is 27.3 Å². The van der Waals surface area contributed by atoms with Gasteiger partial charge in [-0.1, -0.05) is 24.0 Å². The van der Waals surface area contributed by atoms with Crippen molar-refractivity contribution in [3.63, 3.8) is 0 Å². The number of nitrogens with one attached hydrogen (secondary N) is 1. The van der Waals surface area contributed by atoms with Gasteiger partial charge < -0.3 is 10.1 Å². The molecule has 0 unspecified atom stereocenters. The summed E-state index contributed by atoms with van der Waals surface area (Å²) >= 11 is 3.42. The van der Waals surface area contributed by atoms with Gasteiger partial charge in [0.05, 0.1) is 24.3 Å². The maximum Gasteiger partial charge on any atom is 0.271 e. The average Bonchev–Trinajstić information content (AvgIpc) is 2.52. The standard InChI is InChI=1S/C16H13BrN2O3/c1-22-16-9-8-13(19(20)21)11-15(16)18-10-4-6-12-5-2-3-7-14(12)17/h2-3,5,7-9,11,18H,10H2,1H3. The molecule has 0 aliphatic rings. The van der Waals surface area contributed by atoms with Gasteiger partial charge in [0.1, 0.15) is 5.75 Å². The van der Waals surface area contributed by atoms with E-state index in [0.29, 0.717) is 18.0 Å². The maximum atomic E-state index is 10.8. The molecule has 112 valence electrons. The van der Waals surface area contributed by atoms with Crippen LogP contribution >= 0.6 is 15.9 Å². The van der Waals surface area contributed by atoms with Crippen LogP contribution in [0.5, 0.6) is 5.75 Å². The number of ether oxygens (including phenoxy) is 1. The fourth-order valence-electron chi connectivity index (χ4n) is 1.79. The summed E-state index contributed by atoms with van der Waals surface area (Å²) in [6.45, 7) is 0.346. The fourth-order valence-corrected chi connectivity index (χ4v) is 2.17. The van der Waals surface area contributed by atoms with Crippen LogP contribution in [0.2, 0.25) is 0 Å². The van der Waals surface area contributed by atoms with Crippen LogP contribution in [0.15, 0.2) is 46.9 Å². The number of hydrogen-bond donors (Lipinski definition) is 1. The van der Waals surface area contributed by atoms with Gasteiger partial charge >= 0.3 is 0 Å². The SMILES string of the molecule is COc1ccc([N+](=O)[O-])cc1NCC#Cc1ccccc1Br. The van der Waals surface area contributed by atoms with E-state index >= 15 is 0 Å². The number of anilines is 1. The van der Waals surface area contributed by atoms with Gasteiger partial charge in [-0.3, -0.25) is 10.1 Å². The molecule has 2 aromatic carbocycles. The minimum Gasteiger partial charge on any atom is -0.495 e. The molecule has 0 amide bonds. The van der Waals surface area contributed by atoms with E-state index in [4.69, 9.17) is 4.74 Å². The van der Waals surface area contributed by atoms with Crippen LogP contribution < -0.4 is 10.1 Å². The first-order valence-electron chi connectivity index (χ1n) is 6.41. The number of rotatable bonds is 4. The number of methoxy groups -OCH3 is 1. The molecule has 0 aliphatic carbocycles. The molecule has 0 fully saturated rings. The van der Waals surface area contributed by atoms with Crippen LogP contribution in [-0.2, 0) is 0 Å². The van der Waals surface area contributed by atoms with E-state index in [-0.39, 0.29) is 5.69 Å². The van der Waals surface area contributed by atoms with E-state index < -0.39 is 4.92 Å². The molecule has 5 nitrogen and oxygen atoms in total. The highest BCUT2D eigenvalue weighted by Gasteiger charge is 2.10. The topological polar surface area (TPSA) is 64.4 Å². The molecule has 0 saturated carbocycles. The van der Waals surface area contributed by atoms with Gasteiger partial charge in [-0.15, -0.1) is 0 Å². The van der Waals surface area contributed by atoms with E-state index in [1.165, 1.54) is 19.2 Å². The molecule has 0 radical (unpaired) electrons. The van der Waals surface area contributed by atoms with Crippen LogP contribution in [0.3, 0.4) is 0 Å². The lowest BCUT2D eigenvalue weighted by Gasteiger charge is -2.08. The van der Waals surface area contributed by atoms with Gasteiger partial charge in [-0.2, -0.15) is 0 Å². The average molecular weight is 361 g/mol. The lowest BCUT2D eigenvalue weighted by atomic mass is 10.2. The van der Waals surface area contributed by atoms with E-state index in [9.17, 15) is 10.1 Å². The summed E-state index contributed by atoms with van der Waals surface area (Å²) in [6, 6.07) is 12.0. The molecule has 1 N–H and O–H groups in total. The summed E-state index contributed by atoms with van der Waals surface area (Å²) in [5.41, 5.74) is 1.43. The molecule has 0 aliphatic heterocycles. The minimum atomic E-state index is -0.447. The fraction of sp³-hybridized carbons (Fsp3) is 0.125. The molecule has 2 rings (SSSR count). The normalized spacial score (nSPS) is 9.55. The Morgan fingerprint density at radius 2 is 2.09 bits per heavy atom. The third kappa shape index (κ3) is 3.99. The molecule has 0 aromatic heterocycles. The van der Waals surface area contributed by atoms with Crippen molar-refractivity contribution in [2.75, 3.05) is 19.0 Å². The molecule has 0 atom stereocenters. The number of halogens is 1. The summed E-state index contributed by atoms with van der Waals surface area (Å²) < 4.78 is 6.10. The maximum absolute atomic E-state index is 10.8. The third-order valence-corrected chi connectivity index (χ3v) is 3.55. The van der Waals surface area contributed by atoms with Crippen LogP contribution in [0.1, 0.15) is 5.56 Å². The Kier molecular flexibility index (Phi) is 5.39. The van der Waals surface area contributed by atoms with Crippen molar-refractivity contribution in [3.8, 4) is 17.6 Å². The zero-order chi connectivity index (χ0) is 15.9. The predicted octanol–water partition coefficient (Wildman–Crippen LogP) is 3.83. The quantitative estimate of drug-likeness (QED) is 0.511. The first kappa shape index (κ1) is 15.9. The molecule has 6 heteroatoms. The van der Waals surface area contributed by atoms with E-state index in [1.54, 1.807) is 6.07 Å². The number of nitro benzene ring substituents is 1. The minimum absolute atomic E-state index is 0.00191. The van der Waals surface area contributed by atoms with Crippen LogP contribution in [0.4, 0.5) is 11.4 Å². The number of hydrogen-bond acceptors (Lipinski definition) is 4. The van der Waals surface area contributed by atoms with E-state index in [2.05, 4.69) is 33.1 Å². The van der Waals surface area contributed by atoms with Gasteiger partial charge in [0, 0.05) is 22.2 Å². The van der Waals surface area contributed by atoms with Crippen LogP contribution in [-0.4, -0.2) is 18.6 Å². The first-order chi connectivity index (χ1) is 10.6. The van der Waals surface area contributed by atoms with Crippen LogP contribution in [0.25, 0.3) is 0 Å². The Bertz CT molecular complexity index is 751. The second-order valence-electron chi connectivity index (χ2n) is 4.28. The van der Waals surface area contributed by atoms with Gasteiger partial charge in [0.25, 0.3) is 5.69 Å². The number of nitro groups is 1. The Labute approximate surface area is 136 Å². The van der Waals surface area contributed by atoms with Gasteiger partial charge in [0.15, 0.2) is 0 Å². The summed E-state index contributed by atoms with van der Waals surface area (Å²) in [6.07, 6.45) is 0. The molecule has 0 heterocycles. The van der Waals surface area contributed by atoms with Gasteiger partial charge in [-0.25, -0.2) is 0 Å². The predicted molar refractivity (Wildman–Crippen MR) is 89.2 cm³/mol.